The van der Waals surface area contributed by atoms with Gasteiger partial charge in [0.2, 0.25) is 11.8 Å². The predicted molar refractivity (Wildman–Crippen MR) is 119 cm³/mol. The standard InChI is InChI=1S/C24H34N4O3/c1-16-14-18(26-22(30)17-2-3-17)15-25-21(16)27-11-8-24(9-12-27)10-13-28(23(24)31)19-4-6-20(29)7-5-19/h14-15,17,19-20,29H,2-13H2,1H3,(H,26,30). The summed E-state index contributed by atoms with van der Waals surface area (Å²) in [6, 6.07) is 2.32. The molecule has 31 heavy (non-hydrogen) atoms. The Hall–Kier alpha value is -2.15. The van der Waals surface area contributed by atoms with Gasteiger partial charge in [-0.25, -0.2) is 4.98 Å². The third kappa shape index (κ3) is 4.04. The van der Waals surface area contributed by atoms with Gasteiger partial charge in [-0.3, -0.25) is 9.59 Å². The van der Waals surface area contributed by atoms with E-state index in [4.69, 9.17) is 0 Å². The Morgan fingerprint density at radius 2 is 1.77 bits per heavy atom. The molecule has 2 N–H and O–H groups in total. The van der Waals surface area contributed by atoms with Crippen LogP contribution in [0.2, 0.25) is 0 Å². The fourth-order valence-electron chi connectivity index (χ4n) is 5.73. The largest absolute Gasteiger partial charge is 0.393 e. The molecule has 2 amide bonds. The summed E-state index contributed by atoms with van der Waals surface area (Å²) in [5.41, 5.74) is 1.62. The highest BCUT2D eigenvalue weighted by molar-refractivity contribution is 5.94. The van der Waals surface area contributed by atoms with Gasteiger partial charge < -0.3 is 20.2 Å². The van der Waals surface area contributed by atoms with Crippen molar-refractivity contribution in [2.24, 2.45) is 11.3 Å². The molecule has 1 aromatic heterocycles. The first-order valence-corrected chi connectivity index (χ1v) is 12.0. The number of hydrogen-bond donors (Lipinski definition) is 2. The maximum atomic E-state index is 13.4. The average molecular weight is 427 g/mol. The van der Waals surface area contributed by atoms with Gasteiger partial charge in [0, 0.05) is 31.6 Å². The molecule has 0 atom stereocenters. The summed E-state index contributed by atoms with van der Waals surface area (Å²) in [4.78, 5) is 34.5. The van der Waals surface area contributed by atoms with Gasteiger partial charge in [-0.05, 0) is 76.3 Å². The van der Waals surface area contributed by atoms with E-state index in [-0.39, 0.29) is 23.3 Å². The van der Waals surface area contributed by atoms with Crippen LogP contribution < -0.4 is 10.2 Å². The van der Waals surface area contributed by atoms with Crippen molar-refractivity contribution in [1.29, 1.82) is 0 Å². The average Bonchev–Trinajstić information content (AvgIpc) is 3.57. The molecule has 0 bridgehead atoms. The SMILES string of the molecule is Cc1cc(NC(=O)C2CC2)cnc1N1CCC2(CC1)CCN(C1CCC(O)CC1)C2=O. The summed E-state index contributed by atoms with van der Waals surface area (Å²) in [5.74, 6) is 1.59. The minimum atomic E-state index is -0.210. The third-order valence-corrected chi connectivity index (χ3v) is 7.94. The summed E-state index contributed by atoms with van der Waals surface area (Å²) in [6.45, 7) is 4.58. The number of carbonyl (C=O) groups is 2. The summed E-state index contributed by atoms with van der Waals surface area (Å²) < 4.78 is 0. The number of nitrogens with zero attached hydrogens (tertiary/aromatic N) is 3. The second kappa shape index (κ2) is 8.08. The van der Waals surface area contributed by atoms with Crippen LogP contribution in [0.25, 0.3) is 0 Å². The first-order chi connectivity index (χ1) is 14.9. The summed E-state index contributed by atoms with van der Waals surface area (Å²) >= 11 is 0. The molecular formula is C24H34N4O3. The summed E-state index contributed by atoms with van der Waals surface area (Å²) in [7, 11) is 0. The zero-order valence-corrected chi connectivity index (χ0v) is 18.5. The lowest BCUT2D eigenvalue weighted by Gasteiger charge is -2.40. The summed E-state index contributed by atoms with van der Waals surface area (Å²) in [6.07, 6.45) is 9.76. The molecule has 0 radical (unpaired) electrons. The van der Waals surface area contributed by atoms with E-state index in [1.165, 1.54) is 0 Å². The highest BCUT2D eigenvalue weighted by Gasteiger charge is 2.50. The van der Waals surface area contributed by atoms with Crippen LogP contribution in [-0.4, -0.2) is 58.6 Å². The van der Waals surface area contributed by atoms with Crippen molar-refractivity contribution >= 4 is 23.3 Å². The molecule has 1 spiro atoms. The third-order valence-electron chi connectivity index (χ3n) is 7.94. The Balaban J connectivity index is 1.20. The first-order valence-electron chi connectivity index (χ1n) is 12.0. The maximum absolute atomic E-state index is 13.4. The van der Waals surface area contributed by atoms with Crippen LogP contribution in [0.1, 0.15) is 63.4 Å². The molecule has 0 aromatic carbocycles. The predicted octanol–water partition coefficient (Wildman–Crippen LogP) is 2.86. The molecule has 4 fully saturated rings. The number of piperidine rings is 1. The lowest BCUT2D eigenvalue weighted by Crippen LogP contribution is -2.47. The Labute approximate surface area is 184 Å². The number of aliphatic hydroxyl groups is 1. The van der Waals surface area contributed by atoms with Crippen LogP contribution in [0.4, 0.5) is 11.5 Å². The van der Waals surface area contributed by atoms with Crippen molar-refractivity contribution < 1.29 is 14.7 Å². The Bertz CT molecular complexity index is 852. The minimum Gasteiger partial charge on any atom is -0.393 e. The lowest BCUT2D eigenvalue weighted by molar-refractivity contribution is -0.139. The molecule has 2 saturated carbocycles. The van der Waals surface area contributed by atoms with E-state index in [2.05, 4.69) is 20.1 Å². The van der Waals surface area contributed by atoms with Crippen molar-refractivity contribution in [3.05, 3.63) is 17.8 Å². The molecule has 5 rings (SSSR count). The topological polar surface area (TPSA) is 85.8 Å². The Morgan fingerprint density at radius 1 is 1.10 bits per heavy atom. The van der Waals surface area contributed by atoms with Gasteiger partial charge in [-0.2, -0.15) is 0 Å². The van der Waals surface area contributed by atoms with Crippen LogP contribution in [0, 0.1) is 18.3 Å². The number of carbonyl (C=O) groups excluding carboxylic acids is 2. The maximum Gasteiger partial charge on any atom is 0.229 e. The van der Waals surface area contributed by atoms with Gasteiger partial charge in [0.25, 0.3) is 0 Å². The zero-order valence-electron chi connectivity index (χ0n) is 18.5. The van der Waals surface area contributed by atoms with Gasteiger partial charge in [-0.15, -0.1) is 0 Å². The number of amides is 2. The van der Waals surface area contributed by atoms with Crippen LogP contribution in [-0.2, 0) is 9.59 Å². The zero-order chi connectivity index (χ0) is 21.6. The van der Waals surface area contributed by atoms with Gasteiger partial charge in [0.05, 0.1) is 23.4 Å². The molecule has 2 saturated heterocycles. The number of aromatic nitrogens is 1. The number of nitrogens with one attached hydrogen (secondary N) is 1. The Kier molecular flexibility index (Phi) is 5.40. The van der Waals surface area contributed by atoms with Crippen molar-refractivity contribution in [1.82, 2.24) is 9.88 Å². The molecule has 7 heteroatoms. The number of aryl methyl sites for hydroxylation is 1. The van der Waals surface area contributed by atoms with Crippen molar-refractivity contribution in [2.45, 2.75) is 76.9 Å². The molecule has 3 heterocycles. The molecule has 168 valence electrons. The number of rotatable bonds is 4. The highest BCUT2D eigenvalue weighted by Crippen LogP contribution is 2.44. The monoisotopic (exact) mass is 426 g/mol. The van der Waals surface area contributed by atoms with E-state index in [1.54, 1.807) is 6.20 Å². The number of aliphatic hydroxyl groups excluding tert-OH is 1. The number of hydrogen-bond acceptors (Lipinski definition) is 5. The molecule has 7 nitrogen and oxygen atoms in total. The van der Waals surface area contributed by atoms with E-state index in [0.717, 1.165) is 94.5 Å². The van der Waals surface area contributed by atoms with Crippen molar-refractivity contribution in [3.63, 3.8) is 0 Å². The number of likely N-dealkylation sites (tertiary alicyclic amines) is 1. The van der Waals surface area contributed by atoms with Crippen molar-refractivity contribution in [3.8, 4) is 0 Å². The molecule has 1 aromatic rings. The van der Waals surface area contributed by atoms with Crippen molar-refractivity contribution in [2.75, 3.05) is 29.9 Å². The van der Waals surface area contributed by atoms with Crippen LogP contribution in [0.15, 0.2) is 12.3 Å². The van der Waals surface area contributed by atoms with Crippen LogP contribution in [0.5, 0.6) is 0 Å². The Morgan fingerprint density at radius 3 is 2.42 bits per heavy atom. The second-order valence-corrected chi connectivity index (χ2v) is 10.1. The second-order valence-electron chi connectivity index (χ2n) is 10.1. The van der Waals surface area contributed by atoms with Crippen LogP contribution >= 0.6 is 0 Å². The molecule has 2 aliphatic heterocycles. The number of pyridine rings is 1. The van der Waals surface area contributed by atoms with Gasteiger partial charge in [-0.1, -0.05) is 0 Å². The fourth-order valence-corrected chi connectivity index (χ4v) is 5.73. The minimum absolute atomic E-state index is 0.102. The first kappa shape index (κ1) is 20.7. The van der Waals surface area contributed by atoms with Gasteiger partial charge >= 0.3 is 0 Å². The molecule has 0 unspecified atom stereocenters. The molecular weight excluding hydrogens is 392 g/mol. The van der Waals surface area contributed by atoms with Gasteiger partial charge in [0.1, 0.15) is 5.82 Å². The van der Waals surface area contributed by atoms with E-state index in [0.29, 0.717) is 11.9 Å². The van der Waals surface area contributed by atoms with E-state index in [1.807, 2.05) is 13.0 Å². The molecule has 4 aliphatic rings. The van der Waals surface area contributed by atoms with E-state index in [9.17, 15) is 14.7 Å². The normalized spacial score (nSPS) is 28.3. The van der Waals surface area contributed by atoms with E-state index < -0.39 is 0 Å². The number of anilines is 2. The van der Waals surface area contributed by atoms with Crippen LogP contribution in [0.3, 0.4) is 0 Å². The van der Waals surface area contributed by atoms with E-state index >= 15 is 0 Å². The molecule has 2 aliphatic carbocycles. The highest BCUT2D eigenvalue weighted by atomic mass is 16.3. The lowest BCUT2D eigenvalue weighted by atomic mass is 9.77. The quantitative estimate of drug-likeness (QED) is 0.773. The van der Waals surface area contributed by atoms with Gasteiger partial charge in [0.15, 0.2) is 0 Å². The summed E-state index contributed by atoms with van der Waals surface area (Å²) in [5, 5.41) is 12.8. The fraction of sp³-hybridized carbons (Fsp3) is 0.708. The smallest absolute Gasteiger partial charge is 0.229 e.